The lowest BCUT2D eigenvalue weighted by Gasteiger charge is -2.49. The predicted octanol–water partition coefficient (Wildman–Crippen LogP) is 4.00. The average molecular weight is 212 g/mol. The highest BCUT2D eigenvalue weighted by Crippen LogP contribution is 2.48. The van der Waals surface area contributed by atoms with Gasteiger partial charge in [-0.1, -0.05) is 47.5 Å². The maximum atomic E-state index is 10.8. The van der Waals surface area contributed by atoms with E-state index in [-0.39, 0.29) is 5.60 Å². The first kappa shape index (κ1) is 13.0. The summed E-state index contributed by atoms with van der Waals surface area (Å²) in [6.45, 7) is 11.3. The third-order valence-corrected chi connectivity index (χ3v) is 4.61. The molecule has 1 heteroatoms. The van der Waals surface area contributed by atoms with Crippen LogP contribution >= 0.6 is 0 Å². The zero-order valence-electron chi connectivity index (χ0n) is 11.1. The molecule has 1 rings (SSSR count). The van der Waals surface area contributed by atoms with E-state index in [9.17, 15) is 5.11 Å². The molecule has 1 nitrogen and oxygen atoms in total. The van der Waals surface area contributed by atoms with Crippen LogP contribution in [0.3, 0.4) is 0 Å². The maximum absolute atomic E-state index is 10.8. The van der Waals surface area contributed by atoms with Crippen LogP contribution in [0.4, 0.5) is 0 Å². The molecule has 0 aromatic carbocycles. The normalized spacial score (nSPS) is 35.8. The van der Waals surface area contributed by atoms with E-state index in [0.717, 1.165) is 19.3 Å². The molecule has 0 radical (unpaired) electrons. The SMILES string of the molecule is CCC(CC)C1(O)CCC(C)(C)CC1C. The van der Waals surface area contributed by atoms with E-state index in [2.05, 4.69) is 34.6 Å². The highest BCUT2D eigenvalue weighted by molar-refractivity contribution is 4.97. The first-order valence-corrected chi connectivity index (χ1v) is 6.58. The zero-order chi connectivity index (χ0) is 11.7. The Labute approximate surface area is 95.3 Å². The summed E-state index contributed by atoms with van der Waals surface area (Å²) in [5.74, 6) is 0.940. The molecular weight excluding hydrogens is 184 g/mol. The van der Waals surface area contributed by atoms with Crippen molar-refractivity contribution in [2.24, 2.45) is 17.3 Å². The summed E-state index contributed by atoms with van der Waals surface area (Å²) in [7, 11) is 0. The first-order chi connectivity index (χ1) is 6.85. The minimum atomic E-state index is -0.390. The predicted molar refractivity (Wildman–Crippen MR) is 65.8 cm³/mol. The lowest BCUT2D eigenvalue weighted by molar-refractivity contribution is -0.114. The van der Waals surface area contributed by atoms with Crippen LogP contribution in [0.25, 0.3) is 0 Å². The van der Waals surface area contributed by atoms with Gasteiger partial charge in [0.2, 0.25) is 0 Å². The van der Waals surface area contributed by atoms with E-state index in [1.807, 2.05) is 0 Å². The molecule has 15 heavy (non-hydrogen) atoms. The Kier molecular flexibility index (Phi) is 3.86. The summed E-state index contributed by atoms with van der Waals surface area (Å²) in [5, 5.41) is 10.8. The van der Waals surface area contributed by atoms with Crippen molar-refractivity contribution in [3.05, 3.63) is 0 Å². The lowest BCUT2D eigenvalue weighted by Crippen LogP contribution is -2.49. The van der Waals surface area contributed by atoms with Crippen LogP contribution in [0.2, 0.25) is 0 Å². The van der Waals surface area contributed by atoms with Crippen LogP contribution in [0.5, 0.6) is 0 Å². The third-order valence-electron chi connectivity index (χ3n) is 4.61. The molecule has 1 fully saturated rings. The van der Waals surface area contributed by atoms with Crippen LogP contribution in [0.15, 0.2) is 0 Å². The van der Waals surface area contributed by atoms with Gasteiger partial charge in [-0.2, -0.15) is 0 Å². The Morgan fingerprint density at radius 2 is 1.73 bits per heavy atom. The fourth-order valence-corrected chi connectivity index (χ4v) is 3.49. The number of rotatable bonds is 3. The van der Waals surface area contributed by atoms with E-state index < -0.39 is 0 Å². The molecule has 0 aromatic rings. The maximum Gasteiger partial charge on any atom is 0.0701 e. The van der Waals surface area contributed by atoms with E-state index in [4.69, 9.17) is 0 Å². The Balaban J connectivity index is 2.78. The van der Waals surface area contributed by atoms with E-state index in [1.54, 1.807) is 0 Å². The van der Waals surface area contributed by atoms with Crippen molar-refractivity contribution in [2.75, 3.05) is 0 Å². The van der Waals surface area contributed by atoms with E-state index in [0.29, 0.717) is 17.3 Å². The van der Waals surface area contributed by atoms with Gasteiger partial charge in [0, 0.05) is 0 Å². The molecule has 0 bridgehead atoms. The molecule has 0 heterocycles. The first-order valence-electron chi connectivity index (χ1n) is 6.58. The van der Waals surface area contributed by atoms with Crippen LogP contribution in [-0.2, 0) is 0 Å². The van der Waals surface area contributed by atoms with Crippen molar-refractivity contribution in [2.45, 2.75) is 72.3 Å². The quantitative estimate of drug-likeness (QED) is 0.749. The molecule has 0 saturated heterocycles. The van der Waals surface area contributed by atoms with Crippen LogP contribution in [-0.4, -0.2) is 10.7 Å². The van der Waals surface area contributed by atoms with Gasteiger partial charge in [-0.3, -0.25) is 0 Å². The van der Waals surface area contributed by atoms with E-state index in [1.165, 1.54) is 12.8 Å². The van der Waals surface area contributed by atoms with Crippen molar-refractivity contribution in [3.8, 4) is 0 Å². The minimum Gasteiger partial charge on any atom is -0.389 e. The average Bonchev–Trinajstić information content (AvgIpc) is 2.14. The molecule has 90 valence electrons. The smallest absolute Gasteiger partial charge is 0.0701 e. The van der Waals surface area contributed by atoms with Gasteiger partial charge in [0.15, 0.2) is 0 Å². The Hall–Kier alpha value is -0.0400. The summed E-state index contributed by atoms with van der Waals surface area (Å²) in [5.41, 5.74) is 0.0384. The Morgan fingerprint density at radius 3 is 2.13 bits per heavy atom. The van der Waals surface area contributed by atoms with Crippen LogP contribution in [0.1, 0.15) is 66.7 Å². The summed E-state index contributed by atoms with van der Waals surface area (Å²) in [6.07, 6.45) is 5.55. The lowest BCUT2D eigenvalue weighted by atomic mass is 9.60. The highest BCUT2D eigenvalue weighted by Gasteiger charge is 2.45. The molecule has 0 aliphatic heterocycles. The van der Waals surface area contributed by atoms with Crippen molar-refractivity contribution < 1.29 is 5.11 Å². The molecule has 0 aromatic heterocycles. The second-order valence-corrected chi connectivity index (χ2v) is 6.27. The van der Waals surface area contributed by atoms with Gasteiger partial charge in [-0.15, -0.1) is 0 Å². The summed E-state index contributed by atoms with van der Waals surface area (Å²) in [6, 6.07) is 0. The van der Waals surface area contributed by atoms with Crippen molar-refractivity contribution in [1.82, 2.24) is 0 Å². The highest BCUT2D eigenvalue weighted by atomic mass is 16.3. The van der Waals surface area contributed by atoms with Crippen LogP contribution < -0.4 is 0 Å². The number of hydrogen-bond donors (Lipinski definition) is 1. The van der Waals surface area contributed by atoms with Crippen LogP contribution in [0, 0.1) is 17.3 Å². The van der Waals surface area contributed by atoms with Gasteiger partial charge in [0.25, 0.3) is 0 Å². The molecule has 1 saturated carbocycles. The number of aliphatic hydroxyl groups is 1. The molecule has 1 aliphatic rings. The molecule has 2 atom stereocenters. The minimum absolute atomic E-state index is 0.390. The fourth-order valence-electron chi connectivity index (χ4n) is 3.49. The van der Waals surface area contributed by atoms with Gasteiger partial charge in [0.05, 0.1) is 5.60 Å². The molecule has 0 spiro atoms. The molecule has 2 unspecified atom stereocenters. The topological polar surface area (TPSA) is 20.2 Å². The molecule has 0 amide bonds. The summed E-state index contributed by atoms with van der Waals surface area (Å²) >= 11 is 0. The number of hydrogen-bond acceptors (Lipinski definition) is 1. The largest absolute Gasteiger partial charge is 0.389 e. The van der Waals surface area contributed by atoms with Gasteiger partial charge >= 0.3 is 0 Å². The zero-order valence-corrected chi connectivity index (χ0v) is 11.1. The van der Waals surface area contributed by atoms with Gasteiger partial charge in [-0.25, -0.2) is 0 Å². The van der Waals surface area contributed by atoms with Gasteiger partial charge < -0.3 is 5.11 Å². The van der Waals surface area contributed by atoms with Gasteiger partial charge in [-0.05, 0) is 36.5 Å². The Bertz CT molecular complexity index is 205. The van der Waals surface area contributed by atoms with Gasteiger partial charge in [0.1, 0.15) is 0 Å². The monoisotopic (exact) mass is 212 g/mol. The second kappa shape index (κ2) is 4.45. The Morgan fingerprint density at radius 1 is 1.20 bits per heavy atom. The summed E-state index contributed by atoms with van der Waals surface area (Å²) < 4.78 is 0. The molecule has 1 N–H and O–H groups in total. The van der Waals surface area contributed by atoms with E-state index >= 15 is 0 Å². The molecular formula is C14H28O. The summed E-state index contributed by atoms with van der Waals surface area (Å²) in [4.78, 5) is 0. The molecule has 1 aliphatic carbocycles. The fraction of sp³-hybridized carbons (Fsp3) is 1.00. The standard InChI is InChI=1S/C14H28O/c1-6-12(7-2)14(15)9-8-13(4,5)10-11(14)3/h11-12,15H,6-10H2,1-5H3. The second-order valence-electron chi connectivity index (χ2n) is 6.27. The third kappa shape index (κ3) is 2.55. The van der Waals surface area contributed by atoms with Crippen molar-refractivity contribution >= 4 is 0 Å². The van der Waals surface area contributed by atoms with Crippen molar-refractivity contribution in [1.29, 1.82) is 0 Å². The van der Waals surface area contributed by atoms with Crippen molar-refractivity contribution in [3.63, 3.8) is 0 Å².